The number of carbonyl (C=O) groups excluding carboxylic acids is 2. The molecule has 1 heterocycles. The number of rotatable bonds is 2. The molecule has 2 N–H and O–H groups in total. The number of benzene rings is 1. The minimum absolute atomic E-state index is 0.0293. The van der Waals surface area contributed by atoms with Gasteiger partial charge in [-0.25, -0.2) is 0 Å². The van der Waals surface area contributed by atoms with E-state index in [0.717, 1.165) is 32.6 Å². The molecule has 0 aromatic heterocycles. The predicted octanol–water partition coefficient (Wildman–Crippen LogP) is 0.563. The second-order valence-corrected chi connectivity index (χ2v) is 4.89. The molecule has 5 nitrogen and oxygen atoms in total. The van der Waals surface area contributed by atoms with Crippen LogP contribution in [0, 0.1) is 0 Å². The summed E-state index contributed by atoms with van der Waals surface area (Å²) in [6.45, 7) is 3.35. The van der Waals surface area contributed by atoms with Gasteiger partial charge in [-0.2, -0.15) is 0 Å². The number of nitrogens with zero attached hydrogens (tertiary/aromatic N) is 2. The number of hydrogen-bond acceptors (Lipinski definition) is 3. The number of primary amides is 1. The van der Waals surface area contributed by atoms with Crippen molar-refractivity contribution in [2.45, 2.75) is 6.42 Å². The number of nitrogens with two attached hydrogens (primary N) is 1. The lowest BCUT2D eigenvalue weighted by atomic mass is 10.1. The molecule has 1 fully saturated rings. The van der Waals surface area contributed by atoms with Crippen molar-refractivity contribution >= 4 is 11.8 Å². The zero-order valence-electron chi connectivity index (χ0n) is 11.1. The van der Waals surface area contributed by atoms with Crippen molar-refractivity contribution in [2.75, 3.05) is 33.2 Å². The van der Waals surface area contributed by atoms with Crippen molar-refractivity contribution < 1.29 is 9.59 Å². The Morgan fingerprint density at radius 1 is 1.11 bits per heavy atom. The van der Waals surface area contributed by atoms with E-state index in [1.807, 2.05) is 4.90 Å². The maximum Gasteiger partial charge on any atom is 0.253 e. The molecule has 0 spiro atoms. The Bertz CT molecular complexity index is 487. The Morgan fingerprint density at radius 2 is 1.84 bits per heavy atom. The summed E-state index contributed by atoms with van der Waals surface area (Å²) in [7, 11) is 2.06. The third-order valence-electron chi connectivity index (χ3n) is 3.40. The van der Waals surface area contributed by atoms with Crippen molar-refractivity contribution in [3.8, 4) is 0 Å². The zero-order valence-corrected chi connectivity index (χ0v) is 11.1. The first kappa shape index (κ1) is 13.5. The number of carbonyl (C=O) groups is 2. The van der Waals surface area contributed by atoms with Crippen LogP contribution in [0.3, 0.4) is 0 Å². The SMILES string of the molecule is CN1CCCN(C(=O)c2cccc(C(N)=O)c2)CC1. The molecule has 0 aliphatic carbocycles. The average Bonchev–Trinajstić information content (AvgIpc) is 2.63. The molecule has 0 saturated carbocycles. The van der Waals surface area contributed by atoms with Crippen LogP contribution >= 0.6 is 0 Å². The Balaban J connectivity index is 2.14. The highest BCUT2D eigenvalue weighted by atomic mass is 16.2. The third-order valence-corrected chi connectivity index (χ3v) is 3.40. The molecule has 1 aromatic carbocycles. The van der Waals surface area contributed by atoms with Gasteiger partial charge >= 0.3 is 0 Å². The molecule has 0 bridgehead atoms. The van der Waals surface area contributed by atoms with Gasteiger partial charge in [-0.3, -0.25) is 9.59 Å². The normalized spacial score (nSPS) is 17.0. The monoisotopic (exact) mass is 261 g/mol. The van der Waals surface area contributed by atoms with E-state index in [2.05, 4.69) is 11.9 Å². The van der Waals surface area contributed by atoms with Crippen molar-refractivity contribution in [1.29, 1.82) is 0 Å². The van der Waals surface area contributed by atoms with Gasteiger partial charge in [-0.15, -0.1) is 0 Å². The zero-order chi connectivity index (χ0) is 13.8. The van der Waals surface area contributed by atoms with Crippen LogP contribution in [-0.4, -0.2) is 54.8 Å². The summed E-state index contributed by atoms with van der Waals surface area (Å²) in [5.41, 5.74) is 6.14. The summed E-state index contributed by atoms with van der Waals surface area (Å²) in [5, 5.41) is 0. The lowest BCUT2D eigenvalue weighted by Crippen LogP contribution is -2.34. The fraction of sp³-hybridized carbons (Fsp3) is 0.429. The second-order valence-electron chi connectivity index (χ2n) is 4.89. The molecule has 5 heteroatoms. The van der Waals surface area contributed by atoms with Crippen LogP contribution < -0.4 is 5.73 Å². The highest BCUT2D eigenvalue weighted by Crippen LogP contribution is 2.10. The Hall–Kier alpha value is -1.88. The molecule has 2 amide bonds. The third kappa shape index (κ3) is 3.32. The van der Waals surface area contributed by atoms with Crippen LogP contribution in [0.2, 0.25) is 0 Å². The van der Waals surface area contributed by atoms with Crippen LogP contribution in [0.5, 0.6) is 0 Å². The Morgan fingerprint density at radius 3 is 2.58 bits per heavy atom. The summed E-state index contributed by atoms with van der Waals surface area (Å²) in [4.78, 5) is 27.6. The fourth-order valence-electron chi connectivity index (χ4n) is 2.24. The summed E-state index contributed by atoms with van der Waals surface area (Å²) in [6.07, 6.45) is 0.970. The topological polar surface area (TPSA) is 66.6 Å². The van der Waals surface area contributed by atoms with Gasteiger partial charge in [0, 0.05) is 30.8 Å². The number of likely N-dealkylation sites (N-methyl/N-ethyl adjacent to an activating group) is 1. The van der Waals surface area contributed by atoms with Gasteiger partial charge in [0.1, 0.15) is 0 Å². The molecular formula is C14H19N3O2. The maximum absolute atomic E-state index is 12.4. The first-order chi connectivity index (χ1) is 9.08. The quantitative estimate of drug-likeness (QED) is 0.846. The van der Waals surface area contributed by atoms with Crippen molar-refractivity contribution in [3.05, 3.63) is 35.4 Å². The minimum Gasteiger partial charge on any atom is -0.366 e. The lowest BCUT2D eigenvalue weighted by molar-refractivity contribution is 0.0763. The molecule has 1 aliphatic rings. The molecule has 19 heavy (non-hydrogen) atoms. The highest BCUT2D eigenvalue weighted by Gasteiger charge is 2.19. The number of hydrogen-bond donors (Lipinski definition) is 1. The van der Waals surface area contributed by atoms with E-state index in [1.165, 1.54) is 0 Å². The summed E-state index contributed by atoms with van der Waals surface area (Å²) in [6, 6.07) is 6.61. The standard InChI is InChI=1S/C14H19N3O2/c1-16-6-3-7-17(9-8-16)14(19)12-5-2-4-11(10-12)13(15)18/h2,4-5,10H,3,6-9H2,1H3,(H2,15,18). The summed E-state index contributed by atoms with van der Waals surface area (Å²) < 4.78 is 0. The van der Waals surface area contributed by atoms with Crippen LogP contribution in [-0.2, 0) is 0 Å². The predicted molar refractivity (Wildman–Crippen MR) is 73.0 cm³/mol. The van der Waals surface area contributed by atoms with Gasteiger partial charge in [0.2, 0.25) is 5.91 Å². The van der Waals surface area contributed by atoms with E-state index in [0.29, 0.717) is 11.1 Å². The van der Waals surface area contributed by atoms with Gasteiger partial charge in [0.05, 0.1) is 0 Å². The van der Waals surface area contributed by atoms with E-state index in [4.69, 9.17) is 5.73 Å². The first-order valence-electron chi connectivity index (χ1n) is 6.45. The van der Waals surface area contributed by atoms with E-state index >= 15 is 0 Å². The van der Waals surface area contributed by atoms with E-state index in [9.17, 15) is 9.59 Å². The molecule has 1 aliphatic heterocycles. The van der Waals surface area contributed by atoms with Gasteiger partial charge in [-0.1, -0.05) is 6.07 Å². The van der Waals surface area contributed by atoms with Gasteiger partial charge < -0.3 is 15.5 Å². The van der Waals surface area contributed by atoms with E-state index in [-0.39, 0.29) is 5.91 Å². The van der Waals surface area contributed by atoms with Gasteiger partial charge in [0.15, 0.2) is 0 Å². The second kappa shape index (κ2) is 5.84. The van der Waals surface area contributed by atoms with Crippen molar-refractivity contribution in [2.24, 2.45) is 5.73 Å². The van der Waals surface area contributed by atoms with Gasteiger partial charge in [0.25, 0.3) is 5.91 Å². The first-order valence-corrected chi connectivity index (χ1v) is 6.45. The molecule has 0 atom stereocenters. The Labute approximate surface area is 113 Å². The van der Waals surface area contributed by atoms with Gasteiger partial charge in [-0.05, 0) is 38.2 Å². The summed E-state index contributed by atoms with van der Waals surface area (Å²) in [5.74, 6) is -0.538. The smallest absolute Gasteiger partial charge is 0.253 e. The van der Waals surface area contributed by atoms with E-state index < -0.39 is 5.91 Å². The van der Waals surface area contributed by atoms with Crippen LogP contribution in [0.1, 0.15) is 27.1 Å². The lowest BCUT2D eigenvalue weighted by Gasteiger charge is -2.20. The molecule has 102 valence electrons. The minimum atomic E-state index is -0.509. The molecule has 0 unspecified atom stereocenters. The highest BCUT2D eigenvalue weighted by molar-refractivity contribution is 5.99. The van der Waals surface area contributed by atoms with Crippen LogP contribution in [0.4, 0.5) is 0 Å². The molecule has 1 saturated heterocycles. The number of amides is 2. The van der Waals surface area contributed by atoms with E-state index in [1.54, 1.807) is 24.3 Å². The Kier molecular flexibility index (Phi) is 4.16. The largest absolute Gasteiger partial charge is 0.366 e. The van der Waals surface area contributed by atoms with Crippen LogP contribution in [0.25, 0.3) is 0 Å². The van der Waals surface area contributed by atoms with Crippen LogP contribution in [0.15, 0.2) is 24.3 Å². The molecule has 0 radical (unpaired) electrons. The van der Waals surface area contributed by atoms with Crippen molar-refractivity contribution in [3.63, 3.8) is 0 Å². The maximum atomic E-state index is 12.4. The summed E-state index contributed by atoms with van der Waals surface area (Å²) >= 11 is 0. The average molecular weight is 261 g/mol. The fourth-order valence-corrected chi connectivity index (χ4v) is 2.24. The molecular weight excluding hydrogens is 242 g/mol. The molecule has 1 aromatic rings. The molecule has 2 rings (SSSR count). The van der Waals surface area contributed by atoms with Crippen molar-refractivity contribution in [1.82, 2.24) is 9.80 Å².